The molecule has 1 aromatic rings. The van der Waals surface area contributed by atoms with Gasteiger partial charge in [0.1, 0.15) is 11.6 Å². The molecule has 3 nitrogen and oxygen atoms in total. The van der Waals surface area contributed by atoms with Gasteiger partial charge in [-0.05, 0) is 37.5 Å². The second kappa shape index (κ2) is 5.51. The third kappa shape index (κ3) is 2.67. The number of amides is 1. The van der Waals surface area contributed by atoms with Crippen LogP contribution in [0.5, 0.6) is 0 Å². The molecule has 0 N–H and O–H groups in total. The number of nitrogens with zero attached hydrogens (tertiary/aromatic N) is 1. The van der Waals surface area contributed by atoms with Crippen LogP contribution in [0.3, 0.4) is 0 Å². The summed E-state index contributed by atoms with van der Waals surface area (Å²) in [4.78, 5) is 25.6. The predicted molar refractivity (Wildman–Crippen MR) is 71.5 cm³/mol. The second-order valence-corrected chi connectivity index (χ2v) is 4.94. The van der Waals surface area contributed by atoms with Crippen molar-refractivity contribution in [1.29, 1.82) is 0 Å². The van der Waals surface area contributed by atoms with Gasteiger partial charge in [-0.15, -0.1) is 0 Å². The van der Waals surface area contributed by atoms with E-state index in [-0.39, 0.29) is 17.5 Å². The molecule has 0 aliphatic carbocycles. The van der Waals surface area contributed by atoms with Crippen molar-refractivity contribution in [3.63, 3.8) is 0 Å². The molecule has 0 bridgehead atoms. The van der Waals surface area contributed by atoms with Crippen LogP contribution in [0.2, 0.25) is 0 Å². The number of rotatable bonds is 3. The molecule has 0 aromatic heterocycles. The molecule has 1 fully saturated rings. The van der Waals surface area contributed by atoms with Crippen LogP contribution in [0.15, 0.2) is 18.2 Å². The number of hydrogen-bond acceptors (Lipinski definition) is 2. The molecule has 0 saturated carbocycles. The van der Waals surface area contributed by atoms with Gasteiger partial charge in [0.15, 0.2) is 0 Å². The number of aryl methyl sites for hydroxylation is 1. The smallest absolute Gasteiger partial charge is 0.237 e. The Morgan fingerprint density at radius 2 is 2.21 bits per heavy atom. The first-order valence-corrected chi connectivity index (χ1v) is 6.64. The van der Waals surface area contributed by atoms with Gasteiger partial charge in [-0.25, -0.2) is 4.39 Å². The van der Waals surface area contributed by atoms with Gasteiger partial charge in [0, 0.05) is 18.7 Å². The van der Waals surface area contributed by atoms with Crippen molar-refractivity contribution >= 4 is 17.4 Å². The molecule has 0 spiro atoms. The van der Waals surface area contributed by atoms with Crippen LogP contribution in [0.4, 0.5) is 10.1 Å². The maximum Gasteiger partial charge on any atom is 0.237 e. The number of ketones is 1. The maximum absolute atomic E-state index is 13.6. The van der Waals surface area contributed by atoms with E-state index in [1.807, 2.05) is 0 Å². The number of carbonyl (C=O) groups excluding carboxylic acids is 2. The molecule has 1 amide bonds. The van der Waals surface area contributed by atoms with Gasteiger partial charge in [-0.2, -0.15) is 0 Å². The second-order valence-electron chi connectivity index (χ2n) is 4.94. The van der Waals surface area contributed by atoms with E-state index in [9.17, 15) is 14.0 Å². The van der Waals surface area contributed by atoms with E-state index in [1.54, 1.807) is 26.0 Å². The minimum atomic E-state index is -0.553. The Kier molecular flexibility index (Phi) is 3.98. The highest BCUT2D eigenvalue weighted by Gasteiger charge is 2.33. The van der Waals surface area contributed by atoms with Crippen molar-refractivity contribution < 1.29 is 14.0 Å². The summed E-state index contributed by atoms with van der Waals surface area (Å²) in [7, 11) is 0. The molecule has 4 heteroatoms. The molecule has 102 valence electrons. The van der Waals surface area contributed by atoms with E-state index >= 15 is 0 Å². The summed E-state index contributed by atoms with van der Waals surface area (Å²) >= 11 is 0. The molecular weight excluding hydrogens is 245 g/mol. The van der Waals surface area contributed by atoms with Gasteiger partial charge in [-0.1, -0.05) is 13.0 Å². The summed E-state index contributed by atoms with van der Waals surface area (Å²) in [6.07, 6.45) is 1.75. The lowest BCUT2D eigenvalue weighted by atomic mass is 9.91. The van der Waals surface area contributed by atoms with E-state index < -0.39 is 5.92 Å². The van der Waals surface area contributed by atoms with E-state index in [4.69, 9.17) is 0 Å². The zero-order chi connectivity index (χ0) is 14.0. The van der Waals surface area contributed by atoms with Gasteiger partial charge < -0.3 is 4.90 Å². The molecule has 0 unspecified atom stereocenters. The van der Waals surface area contributed by atoms with Gasteiger partial charge in [0.2, 0.25) is 5.91 Å². The summed E-state index contributed by atoms with van der Waals surface area (Å²) in [5, 5.41) is 0. The van der Waals surface area contributed by atoms with Crippen LogP contribution < -0.4 is 4.90 Å². The summed E-state index contributed by atoms with van der Waals surface area (Å²) < 4.78 is 13.6. The molecular formula is C15H18FNO2. The van der Waals surface area contributed by atoms with Crippen molar-refractivity contribution in [2.75, 3.05) is 11.4 Å². The van der Waals surface area contributed by atoms with Crippen LogP contribution in [0.1, 0.15) is 31.7 Å². The Labute approximate surface area is 112 Å². The number of hydrogen-bond donors (Lipinski definition) is 0. The van der Waals surface area contributed by atoms with Gasteiger partial charge in [-0.3, -0.25) is 9.59 Å². The SMILES string of the molecule is CCC(=O)[C@@H]1CCCN(c2ccc(C)c(F)c2)C1=O. The fourth-order valence-corrected chi connectivity index (χ4v) is 2.43. The van der Waals surface area contributed by atoms with E-state index in [1.165, 1.54) is 11.0 Å². The highest BCUT2D eigenvalue weighted by atomic mass is 19.1. The van der Waals surface area contributed by atoms with E-state index in [2.05, 4.69) is 0 Å². The molecule has 1 atom stereocenters. The van der Waals surface area contributed by atoms with E-state index in [0.29, 0.717) is 30.6 Å². The lowest BCUT2D eigenvalue weighted by Gasteiger charge is -2.31. The summed E-state index contributed by atoms with van der Waals surface area (Å²) in [6.45, 7) is 4.00. The summed E-state index contributed by atoms with van der Waals surface area (Å²) in [6, 6.07) is 4.75. The highest BCUT2D eigenvalue weighted by Crippen LogP contribution is 2.26. The van der Waals surface area contributed by atoms with Crippen molar-refractivity contribution in [2.45, 2.75) is 33.1 Å². The molecule has 1 aliphatic rings. The first-order chi connectivity index (χ1) is 9.04. The zero-order valence-electron chi connectivity index (χ0n) is 11.3. The Hall–Kier alpha value is -1.71. The standard InChI is InChI=1S/C15H18FNO2/c1-3-14(18)12-5-4-8-17(15(12)19)11-7-6-10(2)13(16)9-11/h6-7,9,12H,3-5,8H2,1-2H3/t12-/m0/s1. The number of anilines is 1. The average Bonchev–Trinajstić information content (AvgIpc) is 2.41. The van der Waals surface area contributed by atoms with Crippen LogP contribution in [-0.2, 0) is 9.59 Å². The Morgan fingerprint density at radius 1 is 1.47 bits per heavy atom. The zero-order valence-corrected chi connectivity index (χ0v) is 11.3. The van der Waals surface area contributed by atoms with Crippen LogP contribution in [0.25, 0.3) is 0 Å². The predicted octanol–water partition coefficient (Wildman–Crippen LogP) is 2.86. The number of carbonyl (C=O) groups is 2. The minimum Gasteiger partial charge on any atom is -0.312 e. The Morgan fingerprint density at radius 3 is 2.84 bits per heavy atom. The number of Topliss-reactive ketones (excluding diaryl/α,β-unsaturated/α-hetero) is 1. The average molecular weight is 263 g/mol. The number of piperidine rings is 1. The first kappa shape index (κ1) is 13.7. The van der Waals surface area contributed by atoms with Gasteiger partial charge in [0.25, 0.3) is 0 Å². The molecule has 1 aromatic carbocycles. The lowest BCUT2D eigenvalue weighted by Crippen LogP contribution is -2.44. The Bertz CT molecular complexity index is 513. The topological polar surface area (TPSA) is 37.4 Å². The molecule has 0 radical (unpaired) electrons. The maximum atomic E-state index is 13.6. The third-order valence-corrected chi connectivity index (χ3v) is 3.64. The monoisotopic (exact) mass is 263 g/mol. The normalized spacial score (nSPS) is 19.6. The number of benzene rings is 1. The first-order valence-electron chi connectivity index (χ1n) is 6.64. The summed E-state index contributed by atoms with van der Waals surface area (Å²) in [5.74, 6) is -1.10. The van der Waals surface area contributed by atoms with Crippen molar-refractivity contribution in [3.05, 3.63) is 29.6 Å². The fourth-order valence-electron chi connectivity index (χ4n) is 2.43. The van der Waals surface area contributed by atoms with Crippen LogP contribution in [0, 0.1) is 18.7 Å². The minimum absolute atomic E-state index is 0.0257. The molecule has 2 rings (SSSR count). The molecule has 1 saturated heterocycles. The molecule has 1 heterocycles. The van der Waals surface area contributed by atoms with Gasteiger partial charge in [0.05, 0.1) is 5.92 Å². The fraction of sp³-hybridized carbons (Fsp3) is 0.467. The quantitative estimate of drug-likeness (QED) is 0.786. The third-order valence-electron chi connectivity index (χ3n) is 3.64. The molecule has 19 heavy (non-hydrogen) atoms. The van der Waals surface area contributed by atoms with Crippen LogP contribution >= 0.6 is 0 Å². The number of halogens is 1. The van der Waals surface area contributed by atoms with Gasteiger partial charge >= 0.3 is 0 Å². The van der Waals surface area contributed by atoms with Crippen molar-refractivity contribution in [2.24, 2.45) is 5.92 Å². The Balaban J connectivity index is 2.26. The summed E-state index contributed by atoms with van der Waals surface area (Å²) in [5.41, 5.74) is 1.09. The van der Waals surface area contributed by atoms with Crippen molar-refractivity contribution in [1.82, 2.24) is 0 Å². The van der Waals surface area contributed by atoms with E-state index in [0.717, 1.165) is 6.42 Å². The highest BCUT2D eigenvalue weighted by molar-refractivity contribution is 6.08. The largest absolute Gasteiger partial charge is 0.312 e. The lowest BCUT2D eigenvalue weighted by molar-refractivity contribution is -0.133. The van der Waals surface area contributed by atoms with Crippen molar-refractivity contribution in [3.8, 4) is 0 Å². The molecule has 1 aliphatic heterocycles. The van der Waals surface area contributed by atoms with Crippen LogP contribution in [-0.4, -0.2) is 18.2 Å².